The maximum absolute atomic E-state index is 12.5. The molecule has 4 atom stereocenters. The minimum atomic E-state index is -1.53. The fourth-order valence-corrected chi connectivity index (χ4v) is 2.59. The number of rotatable bonds is 12. The van der Waals surface area contributed by atoms with Gasteiger partial charge >= 0.3 is 5.97 Å². The molecule has 0 aliphatic carbocycles. The molecule has 1 aromatic rings. The Morgan fingerprint density at radius 3 is 2.19 bits per heavy atom. The van der Waals surface area contributed by atoms with E-state index in [-0.39, 0.29) is 6.42 Å². The average Bonchev–Trinajstić information content (AvgIpc) is 3.17. The lowest BCUT2D eigenvalue weighted by Crippen LogP contribution is -2.58. The van der Waals surface area contributed by atoms with Crippen LogP contribution in [0.2, 0.25) is 0 Å². The Morgan fingerprint density at radius 2 is 1.71 bits per heavy atom. The number of hydrogen-bond acceptors (Lipinski definition) is 7. The number of H-pyrrole nitrogens is 1. The Morgan fingerprint density at radius 1 is 1.06 bits per heavy atom. The summed E-state index contributed by atoms with van der Waals surface area (Å²) in [5, 5.41) is 16.3. The number of aliphatic carboxylic acids is 1. The summed E-state index contributed by atoms with van der Waals surface area (Å²) >= 11 is 0. The summed E-state index contributed by atoms with van der Waals surface area (Å²) in [4.78, 5) is 66.1. The molecule has 9 N–H and O–H groups in total. The molecule has 0 radical (unpaired) electrons. The van der Waals surface area contributed by atoms with Gasteiger partial charge in [0.1, 0.15) is 18.1 Å². The first-order valence-corrected chi connectivity index (χ1v) is 9.57. The van der Waals surface area contributed by atoms with Crippen LogP contribution in [0.25, 0.3) is 0 Å². The number of carboxylic acid groups (broad SMARTS) is 1. The molecule has 172 valence electrons. The van der Waals surface area contributed by atoms with E-state index >= 15 is 0 Å². The van der Waals surface area contributed by atoms with Crippen LogP contribution in [0.15, 0.2) is 12.5 Å². The van der Waals surface area contributed by atoms with E-state index in [1.807, 2.05) is 0 Å². The maximum Gasteiger partial charge on any atom is 0.326 e. The molecule has 0 fully saturated rings. The van der Waals surface area contributed by atoms with Crippen LogP contribution in [-0.2, 0) is 30.4 Å². The van der Waals surface area contributed by atoms with Gasteiger partial charge in [0.15, 0.2) is 0 Å². The number of aromatic amines is 1. The van der Waals surface area contributed by atoms with Gasteiger partial charge in [-0.2, -0.15) is 0 Å². The van der Waals surface area contributed by atoms with E-state index in [2.05, 4.69) is 25.9 Å². The van der Waals surface area contributed by atoms with Crippen LogP contribution < -0.4 is 27.4 Å². The van der Waals surface area contributed by atoms with Crippen molar-refractivity contribution in [2.45, 2.75) is 57.8 Å². The number of carboxylic acids is 1. The van der Waals surface area contributed by atoms with E-state index in [0.717, 1.165) is 0 Å². The van der Waals surface area contributed by atoms with Crippen molar-refractivity contribution in [2.24, 2.45) is 17.4 Å². The largest absolute Gasteiger partial charge is 0.480 e. The standard InChI is InChI=1S/C18H29N7O6/c1-8(2)14(17(29)24-12(18(30)31)5-13(20)26)25-15(27)9(3)23-16(28)11(19)4-10-6-21-7-22-10/h6-9,11-12,14H,4-5,19H2,1-3H3,(H2,20,26)(H,21,22)(H,23,28)(H,24,29)(H,25,27)(H,30,31). The molecule has 31 heavy (non-hydrogen) atoms. The van der Waals surface area contributed by atoms with E-state index in [1.54, 1.807) is 13.8 Å². The summed E-state index contributed by atoms with van der Waals surface area (Å²) in [7, 11) is 0. The van der Waals surface area contributed by atoms with Gasteiger partial charge in [0.2, 0.25) is 23.6 Å². The zero-order valence-electron chi connectivity index (χ0n) is 17.5. The third-order valence-electron chi connectivity index (χ3n) is 4.35. The van der Waals surface area contributed by atoms with Crippen LogP contribution >= 0.6 is 0 Å². The van der Waals surface area contributed by atoms with Gasteiger partial charge in [-0.25, -0.2) is 9.78 Å². The molecule has 0 aliphatic rings. The molecule has 0 bridgehead atoms. The monoisotopic (exact) mass is 439 g/mol. The molecule has 1 aromatic heterocycles. The quantitative estimate of drug-likeness (QED) is 0.182. The SMILES string of the molecule is CC(NC(=O)C(N)Cc1cnc[nH]1)C(=O)NC(C(=O)NC(CC(N)=O)C(=O)O)C(C)C. The number of nitrogens with one attached hydrogen (secondary N) is 4. The number of carbonyl (C=O) groups is 5. The van der Waals surface area contributed by atoms with Gasteiger partial charge in [-0.3, -0.25) is 19.2 Å². The fourth-order valence-electron chi connectivity index (χ4n) is 2.59. The van der Waals surface area contributed by atoms with E-state index in [9.17, 15) is 24.0 Å². The van der Waals surface area contributed by atoms with E-state index in [0.29, 0.717) is 5.69 Å². The van der Waals surface area contributed by atoms with Crippen LogP contribution in [0, 0.1) is 5.92 Å². The lowest BCUT2D eigenvalue weighted by molar-refractivity contribution is -0.144. The van der Waals surface area contributed by atoms with Crippen molar-refractivity contribution in [3.63, 3.8) is 0 Å². The molecule has 0 saturated carbocycles. The molecule has 0 aromatic carbocycles. The highest BCUT2D eigenvalue weighted by Gasteiger charge is 2.31. The van der Waals surface area contributed by atoms with Crippen molar-refractivity contribution in [1.82, 2.24) is 25.9 Å². The zero-order valence-corrected chi connectivity index (χ0v) is 17.5. The van der Waals surface area contributed by atoms with Crippen molar-refractivity contribution in [2.75, 3.05) is 0 Å². The molecule has 1 rings (SSSR count). The number of hydrogen-bond donors (Lipinski definition) is 7. The Hall–Kier alpha value is -3.48. The smallest absolute Gasteiger partial charge is 0.326 e. The first-order valence-electron chi connectivity index (χ1n) is 9.57. The van der Waals surface area contributed by atoms with Crippen LogP contribution in [0.4, 0.5) is 0 Å². The Bertz CT molecular complexity index is 795. The van der Waals surface area contributed by atoms with Gasteiger partial charge in [-0.1, -0.05) is 13.8 Å². The minimum Gasteiger partial charge on any atom is -0.480 e. The molecule has 1 heterocycles. The first kappa shape index (κ1) is 25.6. The van der Waals surface area contributed by atoms with Crippen LogP contribution in [0.1, 0.15) is 32.9 Å². The van der Waals surface area contributed by atoms with Crippen LogP contribution in [0.5, 0.6) is 0 Å². The number of nitrogens with two attached hydrogens (primary N) is 2. The molecule has 4 unspecified atom stereocenters. The molecular weight excluding hydrogens is 410 g/mol. The minimum absolute atomic E-state index is 0.188. The Balaban J connectivity index is 2.70. The summed E-state index contributed by atoms with van der Waals surface area (Å²) in [5.74, 6) is -4.80. The second kappa shape index (κ2) is 11.6. The summed E-state index contributed by atoms with van der Waals surface area (Å²) in [6.45, 7) is 4.69. The molecule has 13 nitrogen and oxygen atoms in total. The predicted octanol–water partition coefficient (Wildman–Crippen LogP) is -2.63. The number of amides is 4. The second-order valence-electron chi connectivity index (χ2n) is 7.42. The van der Waals surface area contributed by atoms with Crippen molar-refractivity contribution < 1.29 is 29.1 Å². The summed E-state index contributed by atoms with van der Waals surface area (Å²) < 4.78 is 0. The fraction of sp³-hybridized carbons (Fsp3) is 0.556. The van der Waals surface area contributed by atoms with Crippen molar-refractivity contribution in [3.05, 3.63) is 18.2 Å². The lowest BCUT2D eigenvalue weighted by Gasteiger charge is -2.25. The highest BCUT2D eigenvalue weighted by atomic mass is 16.4. The normalized spacial score (nSPS) is 14.7. The molecule has 4 amide bonds. The van der Waals surface area contributed by atoms with Crippen molar-refractivity contribution >= 4 is 29.6 Å². The Labute approximate surface area is 178 Å². The third-order valence-corrected chi connectivity index (χ3v) is 4.35. The molecule has 0 saturated heterocycles. The number of imidazole rings is 1. The molecular formula is C18H29N7O6. The predicted molar refractivity (Wildman–Crippen MR) is 108 cm³/mol. The highest BCUT2D eigenvalue weighted by molar-refractivity contribution is 5.94. The number of aromatic nitrogens is 2. The van der Waals surface area contributed by atoms with Gasteiger partial charge in [-0.15, -0.1) is 0 Å². The number of carbonyl (C=O) groups excluding carboxylic acids is 4. The first-order chi connectivity index (χ1) is 14.4. The van der Waals surface area contributed by atoms with Crippen LogP contribution in [0.3, 0.4) is 0 Å². The van der Waals surface area contributed by atoms with Crippen molar-refractivity contribution in [3.8, 4) is 0 Å². The van der Waals surface area contributed by atoms with Crippen molar-refractivity contribution in [1.29, 1.82) is 0 Å². The van der Waals surface area contributed by atoms with Gasteiger partial charge in [0.25, 0.3) is 0 Å². The summed E-state index contributed by atoms with van der Waals surface area (Å²) in [6.07, 6.45) is 2.57. The van der Waals surface area contributed by atoms with Gasteiger partial charge < -0.3 is 37.5 Å². The number of primary amides is 1. The number of nitrogens with zero attached hydrogens (tertiary/aromatic N) is 1. The summed E-state index contributed by atoms with van der Waals surface area (Å²) in [6, 6.07) is -4.58. The second-order valence-corrected chi connectivity index (χ2v) is 7.42. The van der Waals surface area contributed by atoms with E-state index in [4.69, 9.17) is 16.6 Å². The molecule has 0 spiro atoms. The highest BCUT2D eigenvalue weighted by Crippen LogP contribution is 2.05. The topological polar surface area (TPSA) is 222 Å². The maximum atomic E-state index is 12.5. The third kappa shape index (κ3) is 8.42. The molecule has 13 heteroatoms. The average molecular weight is 439 g/mol. The van der Waals surface area contributed by atoms with E-state index < -0.39 is 66.1 Å². The van der Waals surface area contributed by atoms with Crippen LogP contribution in [-0.4, -0.2) is 68.8 Å². The zero-order chi connectivity index (χ0) is 23.7. The summed E-state index contributed by atoms with van der Waals surface area (Å²) in [5.41, 5.74) is 11.5. The Kier molecular flexibility index (Phi) is 9.60. The van der Waals surface area contributed by atoms with Gasteiger partial charge in [-0.05, 0) is 12.8 Å². The van der Waals surface area contributed by atoms with E-state index in [1.165, 1.54) is 19.4 Å². The molecule has 0 aliphatic heterocycles. The lowest BCUT2D eigenvalue weighted by atomic mass is 10.0. The van der Waals surface area contributed by atoms with Gasteiger partial charge in [0.05, 0.1) is 18.8 Å². The van der Waals surface area contributed by atoms with Gasteiger partial charge in [0, 0.05) is 18.3 Å².